The van der Waals surface area contributed by atoms with E-state index in [4.69, 9.17) is 15.2 Å². The van der Waals surface area contributed by atoms with E-state index in [1.54, 1.807) is 31.6 Å². The van der Waals surface area contributed by atoms with Gasteiger partial charge in [-0.1, -0.05) is 0 Å². The molecular formula is C13H15NO2S. The number of ether oxygens (including phenoxy) is 2. The van der Waals surface area contributed by atoms with Crippen LogP contribution in [-0.4, -0.2) is 14.2 Å². The number of hydrogen-bond acceptors (Lipinski definition) is 4. The second-order valence-electron chi connectivity index (χ2n) is 3.75. The lowest BCUT2D eigenvalue weighted by Gasteiger charge is -2.13. The molecule has 1 aromatic carbocycles. The Balaban J connectivity index is 2.63. The minimum absolute atomic E-state index is 0.659. The fourth-order valence-electron chi connectivity index (χ4n) is 1.78. The zero-order valence-corrected chi connectivity index (χ0v) is 10.9. The van der Waals surface area contributed by atoms with E-state index in [1.807, 2.05) is 6.07 Å². The SMILES string of the molecule is COc1cc(N)cc(-c2csc(C)c2)c1OC. The van der Waals surface area contributed by atoms with Crippen LogP contribution in [0.1, 0.15) is 4.88 Å². The Morgan fingerprint density at radius 3 is 2.41 bits per heavy atom. The third-order valence-electron chi connectivity index (χ3n) is 2.54. The van der Waals surface area contributed by atoms with E-state index in [0.717, 1.165) is 16.9 Å². The van der Waals surface area contributed by atoms with Gasteiger partial charge in [0.1, 0.15) is 0 Å². The number of anilines is 1. The standard InChI is InChI=1S/C13H15NO2S/c1-8-4-9(7-17-8)11-5-10(14)6-12(15-2)13(11)16-3/h4-7H,14H2,1-3H3. The Morgan fingerprint density at radius 2 is 1.88 bits per heavy atom. The molecule has 2 rings (SSSR count). The van der Waals surface area contributed by atoms with Gasteiger partial charge in [-0.25, -0.2) is 0 Å². The molecule has 3 nitrogen and oxygen atoms in total. The van der Waals surface area contributed by atoms with Gasteiger partial charge in [0, 0.05) is 22.2 Å². The molecule has 0 bridgehead atoms. The Bertz CT molecular complexity index is 534. The van der Waals surface area contributed by atoms with Crippen molar-refractivity contribution in [2.75, 3.05) is 20.0 Å². The van der Waals surface area contributed by atoms with Crippen LogP contribution in [0, 0.1) is 6.92 Å². The molecule has 4 heteroatoms. The van der Waals surface area contributed by atoms with Gasteiger partial charge in [0.15, 0.2) is 11.5 Å². The molecule has 0 unspecified atom stereocenters. The van der Waals surface area contributed by atoms with Crippen LogP contribution in [0.15, 0.2) is 23.6 Å². The van der Waals surface area contributed by atoms with E-state index in [1.165, 1.54) is 4.88 Å². The largest absolute Gasteiger partial charge is 0.493 e. The molecule has 0 saturated carbocycles. The van der Waals surface area contributed by atoms with Gasteiger partial charge in [0.2, 0.25) is 0 Å². The summed E-state index contributed by atoms with van der Waals surface area (Å²) in [6, 6.07) is 5.78. The number of hydrogen-bond donors (Lipinski definition) is 1. The van der Waals surface area contributed by atoms with Gasteiger partial charge in [-0.3, -0.25) is 0 Å². The molecule has 1 heterocycles. The summed E-state index contributed by atoms with van der Waals surface area (Å²) < 4.78 is 10.7. The minimum Gasteiger partial charge on any atom is -0.493 e. The second-order valence-corrected chi connectivity index (χ2v) is 4.87. The number of methoxy groups -OCH3 is 2. The zero-order chi connectivity index (χ0) is 12.4. The second kappa shape index (κ2) is 4.67. The van der Waals surface area contributed by atoms with Crippen molar-refractivity contribution >= 4 is 17.0 Å². The van der Waals surface area contributed by atoms with Gasteiger partial charge in [0.25, 0.3) is 0 Å². The maximum Gasteiger partial charge on any atom is 0.168 e. The van der Waals surface area contributed by atoms with E-state index < -0.39 is 0 Å². The summed E-state index contributed by atoms with van der Waals surface area (Å²) in [6.45, 7) is 2.07. The summed E-state index contributed by atoms with van der Waals surface area (Å²) in [5.74, 6) is 1.38. The number of rotatable bonds is 3. The van der Waals surface area contributed by atoms with Crippen LogP contribution in [-0.2, 0) is 0 Å². The third kappa shape index (κ3) is 2.22. The van der Waals surface area contributed by atoms with Gasteiger partial charge in [-0.05, 0) is 30.0 Å². The predicted octanol–water partition coefficient (Wildman–Crippen LogP) is 3.32. The van der Waals surface area contributed by atoms with Crippen LogP contribution in [0.5, 0.6) is 11.5 Å². The molecular weight excluding hydrogens is 234 g/mol. The summed E-state index contributed by atoms with van der Waals surface area (Å²) in [7, 11) is 3.25. The first kappa shape index (κ1) is 11.8. The maximum atomic E-state index is 5.87. The van der Waals surface area contributed by atoms with E-state index in [2.05, 4.69) is 18.4 Å². The highest BCUT2D eigenvalue weighted by molar-refractivity contribution is 7.10. The lowest BCUT2D eigenvalue weighted by Crippen LogP contribution is -1.95. The first-order valence-electron chi connectivity index (χ1n) is 5.22. The summed E-state index contributed by atoms with van der Waals surface area (Å²) in [5, 5.41) is 2.09. The van der Waals surface area contributed by atoms with E-state index >= 15 is 0 Å². The summed E-state index contributed by atoms with van der Waals surface area (Å²) in [4.78, 5) is 1.25. The highest BCUT2D eigenvalue weighted by Crippen LogP contribution is 2.41. The average molecular weight is 249 g/mol. The first-order valence-corrected chi connectivity index (χ1v) is 6.10. The van der Waals surface area contributed by atoms with Gasteiger partial charge < -0.3 is 15.2 Å². The molecule has 1 aromatic heterocycles. The molecule has 2 aromatic rings. The Hall–Kier alpha value is -1.68. The zero-order valence-electron chi connectivity index (χ0n) is 10.1. The van der Waals surface area contributed by atoms with Crippen molar-refractivity contribution < 1.29 is 9.47 Å². The molecule has 0 aliphatic carbocycles. The molecule has 0 spiro atoms. The van der Waals surface area contributed by atoms with Gasteiger partial charge in [-0.15, -0.1) is 11.3 Å². The molecule has 0 amide bonds. The van der Waals surface area contributed by atoms with Crippen molar-refractivity contribution in [2.24, 2.45) is 0 Å². The van der Waals surface area contributed by atoms with Gasteiger partial charge in [0.05, 0.1) is 14.2 Å². The van der Waals surface area contributed by atoms with E-state index in [9.17, 15) is 0 Å². The fraction of sp³-hybridized carbons (Fsp3) is 0.231. The van der Waals surface area contributed by atoms with E-state index in [0.29, 0.717) is 11.4 Å². The Kier molecular flexibility index (Phi) is 3.24. The van der Waals surface area contributed by atoms with Crippen molar-refractivity contribution in [2.45, 2.75) is 6.92 Å². The first-order chi connectivity index (χ1) is 8.15. The molecule has 17 heavy (non-hydrogen) atoms. The number of aryl methyl sites for hydroxylation is 1. The third-order valence-corrected chi connectivity index (χ3v) is 3.40. The number of benzene rings is 1. The lowest BCUT2D eigenvalue weighted by atomic mass is 10.1. The maximum absolute atomic E-state index is 5.87. The van der Waals surface area contributed by atoms with Gasteiger partial charge >= 0.3 is 0 Å². The molecule has 0 radical (unpaired) electrons. The number of thiophene rings is 1. The molecule has 2 N–H and O–H groups in total. The highest BCUT2D eigenvalue weighted by Gasteiger charge is 2.13. The van der Waals surface area contributed by atoms with Crippen molar-refractivity contribution in [1.82, 2.24) is 0 Å². The molecule has 0 atom stereocenters. The molecule has 0 aliphatic rings. The van der Waals surface area contributed by atoms with Gasteiger partial charge in [-0.2, -0.15) is 0 Å². The summed E-state index contributed by atoms with van der Waals surface area (Å²) in [5.41, 5.74) is 8.61. The summed E-state index contributed by atoms with van der Waals surface area (Å²) >= 11 is 1.70. The van der Waals surface area contributed by atoms with Crippen molar-refractivity contribution in [3.63, 3.8) is 0 Å². The van der Waals surface area contributed by atoms with Crippen molar-refractivity contribution in [1.29, 1.82) is 0 Å². The van der Waals surface area contributed by atoms with E-state index in [-0.39, 0.29) is 0 Å². The Morgan fingerprint density at radius 1 is 1.12 bits per heavy atom. The molecule has 0 saturated heterocycles. The minimum atomic E-state index is 0.659. The van der Waals surface area contributed by atoms with Crippen LogP contribution >= 0.6 is 11.3 Å². The Labute approximate surface area is 105 Å². The molecule has 90 valence electrons. The van der Waals surface area contributed by atoms with Crippen LogP contribution in [0.25, 0.3) is 11.1 Å². The molecule has 0 aliphatic heterocycles. The highest BCUT2D eigenvalue weighted by atomic mass is 32.1. The summed E-state index contributed by atoms with van der Waals surface area (Å²) in [6.07, 6.45) is 0. The van der Waals surface area contributed by atoms with Crippen LogP contribution in [0.4, 0.5) is 5.69 Å². The smallest absolute Gasteiger partial charge is 0.168 e. The van der Waals surface area contributed by atoms with Crippen LogP contribution in [0.2, 0.25) is 0 Å². The topological polar surface area (TPSA) is 44.5 Å². The number of nitrogen functional groups attached to an aromatic ring is 1. The van der Waals surface area contributed by atoms with Crippen LogP contribution < -0.4 is 15.2 Å². The monoisotopic (exact) mass is 249 g/mol. The molecule has 0 fully saturated rings. The quantitative estimate of drug-likeness (QED) is 0.849. The normalized spacial score (nSPS) is 10.3. The lowest BCUT2D eigenvalue weighted by molar-refractivity contribution is 0.356. The van der Waals surface area contributed by atoms with Crippen molar-refractivity contribution in [3.8, 4) is 22.6 Å². The average Bonchev–Trinajstić information content (AvgIpc) is 2.74. The van der Waals surface area contributed by atoms with Crippen molar-refractivity contribution in [3.05, 3.63) is 28.5 Å². The number of nitrogens with two attached hydrogens (primary N) is 1. The predicted molar refractivity (Wildman–Crippen MR) is 72.0 cm³/mol. The fourth-order valence-corrected chi connectivity index (χ4v) is 2.49. The van der Waals surface area contributed by atoms with Crippen LogP contribution in [0.3, 0.4) is 0 Å².